The number of aliphatic imine (C=N–C) groups is 1. The summed E-state index contributed by atoms with van der Waals surface area (Å²) in [6.45, 7) is 8.22. The van der Waals surface area contributed by atoms with Crippen molar-refractivity contribution in [2.45, 2.75) is 33.7 Å². The number of nitrogens with one attached hydrogen (secondary N) is 2. The molecule has 0 aliphatic heterocycles. The number of hydrogen-bond donors (Lipinski definition) is 3. The summed E-state index contributed by atoms with van der Waals surface area (Å²) in [5.74, 6) is 1.34. The third-order valence-corrected chi connectivity index (χ3v) is 4.04. The van der Waals surface area contributed by atoms with Gasteiger partial charge >= 0.3 is 0 Å². The largest absolute Gasteiger partial charge is 0.504 e. The van der Waals surface area contributed by atoms with Crippen LogP contribution in [-0.2, 0) is 13.0 Å². The van der Waals surface area contributed by atoms with Gasteiger partial charge in [-0.3, -0.25) is 0 Å². The number of benzene rings is 2. The summed E-state index contributed by atoms with van der Waals surface area (Å²) in [4.78, 5) is 4.57. The highest BCUT2D eigenvalue weighted by atomic mass is 127. The van der Waals surface area contributed by atoms with Crippen molar-refractivity contribution in [1.82, 2.24) is 10.6 Å². The molecule has 2 aromatic carbocycles. The van der Waals surface area contributed by atoms with Gasteiger partial charge in [-0.05, 0) is 38.8 Å². The van der Waals surface area contributed by atoms with Gasteiger partial charge in [-0.15, -0.1) is 24.0 Å². The summed E-state index contributed by atoms with van der Waals surface area (Å²) in [6, 6.07) is 12.0. The van der Waals surface area contributed by atoms with E-state index in [4.69, 9.17) is 4.74 Å². The first kappa shape index (κ1) is 23.1. The fourth-order valence-electron chi connectivity index (χ4n) is 2.90. The highest BCUT2D eigenvalue weighted by molar-refractivity contribution is 14.0. The Bertz CT molecular complexity index is 743. The van der Waals surface area contributed by atoms with Crippen LogP contribution in [0.2, 0.25) is 0 Å². The second-order valence-corrected chi connectivity index (χ2v) is 6.34. The molecule has 0 bridgehead atoms. The Morgan fingerprint density at radius 3 is 2.44 bits per heavy atom. The minimum absolute atomic E-state index is 0. The summed E-state index contributed by atoms with van der Waals surface area (Å²) in [6.07, 6.45) is 0.928. The molecule has 5 nitrogen and oxygen atoms in total. The van der Waals surface area contributed by atoms with Gasteiger partial charge in [-0.1, -0.05) is 41.5 Å². The fraction of sp³-hybridized carbons (Fsp3) is 0.381. The molecule has 0 radical (unpaired) electrons. The number of methoxy groups -OCH3 is 1. The molecular formula is C21H30IN3O2. The Kier molecular flexibility index (Phi) is 9.99. The molecule has 0 unspecified atom stereocenters. The Morgan fingerprint density at radius 2 is 1.81 bits per heavy atom. The number of phenolic OH excluding ortho intramolecular Hbond substituents is 1. The van der Waals surface area contributed by atoms with Crippen LogP contribution in [0.15, 0.2) is 41.4 Å². The van der Waals surface area contributed by atoms with Gasteiger partial charge in [-0.25, -0.2) is 4.99 Å². The molecule has 2 rings (SSSR count). The number of nitrogens with zero attached hydrogens (tertiary/aromatic N) is 1. The highest BCUT2D eigenvalue weighted by Crippen LogP contribution is 2.29. The SMILES string of the molecule is CCNC(=NCc1cccc(OC)c1O)NCCc1cc(C)cc(C)c1.I. The summed E-state index contributed by atoms with van der Waals surface area (Å²) in [7, 11) is 1.54. The first-order valence-corrected chi connectivity index (χ1v) is 8.97. The Balaban J connectivity index is 0.00000364. The molecule has 2 aromatic rings. The van der Waals surface area contributed by atoms with Crippen LogP contribution >= 0.6 is 24.0 Å². The van der Waals surface area contributed by atoms with Gasteiger partial charge in [0.1, 0.15) is 0 Å². The van der Waals surface area contributed by atoms with E-state index in [9.17, 15) is 5.11 Å². The van der Waals surface area contributed by atoms with E-state index in [0.717, 1.165) is 31.0 Å². The third-order valence-electron chi connectivity index (χ3n) is 4.04. The predicted octanol–water partition coefficient (Wildman–Crippen LogP) is 3.93. The first-order valence-electron chi connectivity index (χ1n) is 8.97. The van der Waals surface area contributed by atoms with E-state index in [-0.39, 0.29) is 29.7 Å². The molecule has 0 saturated heterocycles. The zero-order valence-electron chi connectivity index (χ0n) is 16.5. The summed E-state index contributed by atoms with van der Waals surface area (Å²) in [5.41, 5.74) is 4.62. The van der Waals surface area contributed by atoms with Crippen LogP contribution in [0.3, 0.4) is 0 Å². The zero-order chi connectivity index (χ0) is 18.9. The van der Waals surface area contributed by atoms with E-state index >= 15 is 0 Å². The van der Waals surface area contributed by atoms with Gasteiger partial charge in [0, 0.05) is 18.7 Å². The van der Waals surface area contributed by atoms with Crippen molar-refractivity contribution >= 4 is 29.9 Å². The molecule has 148 valence electrons. The van der Waals surface area contributed by atoms with Gasteiger partial charge < -0.3 is 20.5 Å². The van der Waals surface area contributed by atoms with Crippen LogP contribution in [0, 0.1) is 13.8 Å². The lowest BCUT2D eigenvalue weighted by Gasteiger charge is -2.12. The summed E-state index contributed by atoms with van der Waals surface area (Å²) < 4.78 is 5.14. The van der Waals surface area contributed by atoms with Crippen LogP contribution in [0.25, 0.3) is 0 Å². The number of rotatable bonds is 7. The van der Waals surface area contributed by atoms with Gasteiger partial charge in [0.25, 0.3) is 0 Å². The number of aryl methyl sites for hydroxylation is 2. The van der Waals surface area contributed by atoms with Crippen molar-refractivity contribution in [2.24, 2.45) is 4.99 Å². The Labute approximate surface area is 179 Å². The predicted molar refractivity (Wildman–Crippen MR) is 123 cm³/mol. The van der Waals surface area contributed by atoms with Crippen molar-refractivity contribution in [3.63, 3.8) is 0 Å². The molecule has 0 aliphatic carbocycles. The molecular weight excluding hydrogens is 453 g/mol. The highest BCUT2D eigenvalue weighted by Gasteiger charge is 2.07. The van der Waals surface area contributed by atoms with Gasteiger partial charge in [0.2, 0.25) is 0 Å². The molecule has 0 heterocycles. The van der Waals surface area contributed by atoms with E-state index in [1.54, 1.807) is 13.2 Å². The Morgan fingerprint density at radius 1 is 1.11 bits per heavy atom. The molecule has 0 aromatic heterocycles. The topological polar surface area (TPSA) is 65.9 Å². The molecule has 6 heteroatoms. The van der Waals surface area contributed by atoms with Gasteiger partial charge in [0.05, 0.1) is 13.7 Å². The quantitative estimate of drug-likeness (QED) is 0.317. The van der Waals surface area contributed by atoms with E-state index in [0.29, 0.717) is 12.3 Å². The van der Waals surface area contributed by atoms with Crippen LogP contribution in [0.4, 0.5) is 0 Å². The van der Waals surface area contributed by atoms with Crippen molar-refractivity contribution in [3.8, 4) is 11.5 Å². The maximum atomic E-state index is 10.2. The second-order valence-electron chi connectivity index (χ2n) is 6.34. The summed E-state index contributed by atoms with van der Waals surface area (Å²) in [5, 5.41) is 16.8. The number of ether oxygens (including phenoxy) is 1. The van der Waals surface area contributed by atoms with E-state index in [1.807, 2.05) is 19.1 Å². The van der Waals surface area contributed by atoms with Crippen LogP contribution in [0.1, 0.15) is 29.2 Å². The Hall–Kier alpha value is -1.96. The molecule has 3 N–H and O–H groups in total. The van der Waals surface area contributed by atoms with Crippen LogP contribution < -0.4 is 15.4 Å². The smallest absolute Gasteiger partial charge is 0.191 e. The van der Waals surface area contributed by atoms with Crippen molar-refractivity contribution < 1.29 is 9.84 Å². The summed E-state index contributed by atoms with van der Waals surface area (Å²) >= 11 is 0. The molecule has 27 heavy (non-hydrogen) atoms. The number of para-hydroxylation sites is 1. The maximum absolute atomic E-state index is 10.2. The van der Waals surface area contributed by atoms with Crippen molar-refractivity contribution in [1.29, 1.82) is 0 Å². The first-order chi connectivity index (χ1) is 12.5. The molecule has 0 aliphatic rings. The molecule has 0 fully saturated rings. The average molecular weight is 483 g/mol. The lowest BCUT2D eigenvalue weighted by Crippen LogP contribution is -2.38. The van der Waals surface area contributed by atoms with Crippen LogP contribution in [0.5, 0.6) is 11.5 Å². The average Bonchev–Trinajstić information content (AvgIpc) is 2.60. The lowest BCUT2D eigenvalue weighted by molar-refractivity contribution is 0.370. The minimum Gasteiger partial charge on any atom is -0.504 e. The number of hydrogen-bond acceptors (Lipinski definition) is 3. The second kappa shape index (κ2) is 11.7. The molecule has 0 atom stereocenters. The normalized spacial score (nSPS) is 10.9. The molecule has 0 amide bonds. The van der Waals surface area contributed by atoms with Crippen LogP contribution in [-0.4, -0.2) is 31.3 Å². The molecule has 0 saturated carbocycles. The van der Waals surface area contributed by atoms with Gasteiger partial charge in [-0.2, -0.15) is 0 Å². The van der Waals surface area contributed by atoms with Crippen molar-refractivity contribution in [3.05, 3.63) is 58.7 Å². The van der Waals surface area contributed by atoms with Crippen molar-refractivity contribution in [2.75, 3.05) is 20.2 Å². The number of aromatic hydroxyl groups is 1. The number of phenols is 1. The minimum atomic E-state index is 0. The standard InChI is InChI=1S/C21H29N3O2.HI/c1-5-22-21(23-10-9-17-12-15(2)11-16(3)13-17)24-14-18-7-6-8-19(26-4)20(18)25;/h6-8,11-13,25H,5,9-10,14H2,1-4H3,(H2,22,23,24);1H. The van der Waals surface area contributed by atoms with E-state index in [1.165, 1.54) is 16.7 Å². The monoisotopic (exact) mass is 483 g/mol. The zero-order valence-corrected chi connectivity index (χ0v) is 18.8. The lowest BCUT2D eigenvalue weighted by atomic mass is 10.1. The number of guanidine groups is 1. The van der Waals surface area contributed by atoms with E-state index < -0.39 is 0 Å². The third kappa shape index (κ3) is 7.28. The fourth-order valence-corrected chi connectivity index (χ4v) is 2.90. The molecule has 0 spiro atoms. The van der Waals surface area contributed by atoms with E-state index in [2.05, 4.69) is 47.7 Å². The number of halogens is 1. The van der Waals surface area contributed by atoms with Gasteiger partial charge in [0.15, 0.2) is 17.5 Å². The maximum Gasteiger partial charge on any atom is 0.191 e.